The summed E-state index contributed by atoms with van der Waals surface area (Å²) in [6, 6.07) is 0. The predicted molar refractivity (Wildman–Crippen MR) is 48.0 cm³/mol. The molecule has 1 aliphatic rings. The molecule has 0 aliphatic carbocycles. The molecule has 0 atom stereocenters. The molecule has 1 aliphatic heterocycles. The van der Waals surface area contributed by atoms with E-state index in [1.807, 2.05) is 20.8 Å². The van der Waals surface area contributed by atoms with E-state index in [9.17, 15) is 4.79 Å². The Kier molecular flexibility index (Phi) is 1.96. The zero-order chi connectivity index (χ0) is 9.35. The summed E-state index contributed by atoms with van der Waals surface area (Å²) in [6.45, 7) is 9.76. The van der Waals surface area contributed by atoms with Crippen molar-refractivity contribution in [3.8, 4) is 0 Å². The summed E-state index contributed by atoms with van der Waals surface area (Å²) in [5, 5.41) is 5.58. The average Bonchev–Trinajstić information content (AvgIpc) is 1.82. The molecule has 0 fully saturated rings. The number of rotatable bonds is 0. The van der Waals surface area contributed by atoms with E-state index in [0.717, 1.165) is 5.70 Å². The van der Waals surface area contributed by atoms with Crippen molar-refractivity contribution in [3.05, 3.63) is 24.2 Å². The molecule has 0 aromatic heterocycles. The molecule has 0 unspecified atom stereocenters. The second kappa shape index (κ2) is 2.66. The van der Waals surface area contributed by atoms with Crippen LogP contribution in [0.4, 0.5) is 0 Å². The largest absolute Gasteiger partial charge is 0.345 e. The molecule has 66 valence electrons. The van der Waals surface area contributed by atoms with Crippen LogP contribution in [0.5, 0.6) is 0 Å². The molecule has 1 rings (SSSR count). The standard InChI is InChI=1S/C9H14N2O/c1-6-10-7(9(2,3)4)5-8(12)11-6/h5,10H,1H2,2-4H3,(H,11,12). The molecule has 0 aromatic carbocycles. The number of hydrogen-bond donors (Lipinski definition) is 2. The minimum Gasteiger partial charge on any atom is -0.345 e. The Morgan fingerprint density at radius 1 is 1.33 bits per heavy atom. The first-order chi connectivity index (χ1) is 5.39. The van der Waals surface area contributed by atoms with E-state index in [4.69, 9.17) is 0 Å². The lowest BCUT2D eigenvalue weighted by Crippen LogP contribution is -2.38. The van der Waals surface area contributed by atoms with Crippen molar-refractivity contribution >= 4 is 5.91 Å². The number of carbonyl (C=O) groups excluding carboxylic acids is 1. The first-order valence-electron chi connectivity index (χ1n) is 3.89. The summed E-state index contributed by atoms with van der Waals surface area (Å²) in [5.41, 5.74) is 0.858. The molecule has 0 bridgehead atoms. The maximum atomic E-state index is 11.0. The van der Waals surface area contributed by atoms with Crippen molar-refractivity contribution in [2.45, 2.75) is 20.8 Å². The molecule has 2 N–H and O–H groups in total. The van der Waals surface area contributed by atoms with Crippen molar-refractivity contribution in [2.24, 2.45) is 5.41 Å². The van der Waals surface area contributed by atoms with Crippen LogP contribution in [0.15, 0.2) is 24.2 Å². The molecule has 1 heterocycles. The minimum absolute atomic E-state index is 0.0410. The number of amides is 1. The molecule has 0 aromatic rings. The third kappa shape index (κ3) is 1.87. The normalized spacial score (nSPS) is 18.1. The SMILES string of the molecule is C=C1NC(=O)C=C(C(C)(C)C)N1. The van der Waals surface area contributed by atoms with Crippen LogP contribution in [-0.4, -0.2) is 5.91 Å². The van der Waals surface area contributed by atoms with Crippen LogP contribution in [0.3, 0.4) is 0 Å². The van der Waals surface area contributed by atoms with Gasteiger partial charge in [0.2, 0.25) is 0 Å². The van der Waals surface area contributed by atoms with Gasteiger partial charge in [-0.05, 0) is 0 Å². The van der Waals surface area contributed by atoms with Crippen molar-refractivity contribution in [3.63, 3.8) is 0 Å². The van der Waals surface area contributed by atoms with Gasteiger partial charge in [0.25, 0.3) is 5.91 Å². The predicted octanol–water partition coefficient (Wildman–Crippen LogP) is 1.11. The summed E-state index contributed by atoms with van der Waals surface area (Å²) in [4.78, 5) is 11.0. The highest BCUT2D eigenvalue weighted by molar-refractivity contribution is 5.90. The Morgan fingerprint density at radius 2 is 1.92 bits per heavy atom. The molecule has 0 saturated carbocycles. The maximum Gasteiger partial charge on any atom is 0.251 e. The zero-order valence-electron chi connectivity index (χ0n) is 7.69. The van der Waals surface area contributed by atoms with Crippen molar-refractivity contribution in [1.82, 2.24) is 10.6 Å². The summed E-state index contributed by atoms with van der Waals surface area (Å²) >= 11 is 0. The minimum atomic E-state index is -0.108. The Labute approximate surface area is 72.5 Å². The van der Waals surface area contributed by atoms with Crippen molar-refractivity contribution in [2.75, 3.05) is 0 Å². The van der Waals surface area contributed by atoms with Crippen LogP contribution >= 0.6 is 0 Å². The summed E-state index contributed by atoms with van der Waals surface area (Å²) in [6.07, 6.45) is 1.56. The third-order valence-corrected chi connectivity index (χ3v) is 1.64. The Bertz CT molecular complexity index is 258. The van der Waals surface area contributed by atoms with Crippen molar-refractivity contribution in [1.29, 1.82) is 0 Å². The van der Waals surface area contributed by atoms with Gasteiger partial charge in [0.05, 0.1) is 0 Å². The molecule has 0 spiro atoms. The number of nitrogens with one attached hydrogen (secondary N) is 2. The lowest BCUT2D eigenvalue weighted by Gasteiger charge is -2.28. The Balaban J connectivity index is 2.92. The molecule has 3 heteroatoms. The van der Waals surface area contributed by atoms with Gasteiger partial charge in [-0.3, -0.25) is 4.79 Å². The topological polar surface area (TPSA) is 41.1 Å². The Morgan fingerprint density at radius 3 is 2.33 bits per heavy atom. The lowest BCUT2D eigenvalue weighted by molar-refractivity contribution is -0.116. The molecule has 0 radical (unpaired) electrons. The lowest BCUT2D eigenvalue weighted by atomic mass is 9.91. The van der Waals surface area contributed by atoms with Gasteiger partial charge in [-0.15, -0.1) is 0 Å². The highest BCUT2D eigenvalue weighted by Crippen LogP contribution is 2.24. The molecular formula is C9H14N2O. The van der Waals surface area contributed by atoms with E-state index in [1.54, 1.807) is 6.08 Å². The molecule has 1 amide bonds. The summed E-state index contributed by atoms with van der Waals surface area (Å²) in [5.74, 6) is 0.441. The van der Waals surface area contributed by atoms with E-state index < -0.39 is 0 Å². The van der Waals surface area contributed by atoms with E-state index in [0.29, 0.717) is 5.82 Å². The van der Waals surface area contributed by atoms with Crippen LogP contribution in [0, 0.1) is 5.41 Å². The van der Waals surface area contributed by atoms with Crippen LogP contribution in [-0.2, 0) is 4.79 Å². The van der Waals surface area contributed by atoms with E-state index in [-0.39, 0.29) is 11.3 Å². The Hall–Kier alpha value is -1.25. The number of allylic oxidation sites excluding steroid dienone is 1. The molecule has 0 saturated heterocycles. The van der Waals surface area contributed by atoms with Crippen LogP contribution in [0.1, 0.15) is 20.8 Å². The van der Waals surface area contributed by atoms with Crippen LogP contribution in [0.2, 0.25) is 0 Å². The molecule has 12 heavy (non-hydrogen) atoms. The summed E-state index contributed by atoms with van der Waals surface area (Å²) in [7, 11) is 0. The van der Waals surface area contributed by atoms with Gasteiger partial charge < -0.3 is 10.6 Å². The van der Waals surface area contributed by atoms with Gasteiger partial charge in [-0.2, -0.15) is 0 Å². The van der Waals surface area contributed by atoms with Crippen molar-refractivity contribution < 1.29 is 4.79 Å². The third-order valence-electron chi connectivity index (χ3n) is 1.64. The number of hydrogen-bond acceptors (Lipinski definition) is 2. The smallest absolute Gasteiger partial charge is 0.251 e. The van der Waals surface area contributed by atoms with Gasteiger partial charge in [-0.1, -0.05) is 27.4 Å². The van der Waals surface area contributed by atoms with Crippen LogP contribution < -0.4 is 10.6 Å². The van der Waals surface area contributed by atoms with Gasteiger partial charge >= 0.3 is 0 Å². The van der Waals surface area contributed by atoms with E-state index >= 15 is 0 Å². The first kappa shape index (κ1) is 8.84. The van der Waals surface area contributed by atoms with Crippen LogP contribution in [0.25, 0.3) is 0 Å². The zero-order valence-corrected chi connectivity index (χ0v) is 7.69. The van der Waals surface area contributed by atoms with Gasteiger partial charge in [0, 0.05) is 17.2 Å². The maximum absolute atomic E-state index is 11.0. The van der Waals surface area contributed by atoms with Gasteiger partial charge in [0.15, 0.2) is 0 Å². The second-order valence-electron chi connectivity index (χ2n) is 3.90. The number of carbonyl (C=O) groups is 1. The fraction of sp³-hybridized carbons (Fsp3) is 0.444. The highest BCUT2D eigenvalue weighted by atomic mass is 16.1. The van der Waals surface area contributed by atoms with E-state index in [1.165, 1.54) is 0 Å². The first-order valence-corrected chi connectivity index (χ1v) is 3.89. The average molecular weight is 166 g/mol. The van der Waals surface area contributed by atoms with Gasteiger partial charge in [-0.25, -0.2) is 0 Å². The van der Waals surface area contributed by atoms with Gasteiger partial charge in [0.1, 0.15) is 5.82 Å². The second-order valence-corrected chi connectivity index (χ2v) is 3.90. The van der Waals surface area contributed by atoms with E-state index in [2.05, 4.69) is 17.2 Å². The fourth-order valence-electron chi connectivity index (χ4n) is 0.950. The monoisotopic (exact) mass is 166 g/mol. The molecular weight excluding hydrogens is 152 g/mol. The molecule has 3 nitrogen and oxygen atoms in total. The quantitative estimate of drug-likeness (QED) is 0.566. The highest BCUT2D eigenvalue weighted by Gasteiger charge is 2.22. The summed E-state index contributed by atoms with van der Waals surface area (Å²) < 4.78 is 0. The fourth-order valence-corrected chi connectivity index (χ4v) is 0.950.